The zero-order valence-electron chi connectivity index (χ0n) is 14.9. The Labute approximate surface area is 153 Å². The average molecular weight is 356 g/mol. The van der Waals surface area contributed by atoms with Crippen molar-refractivity contribution in [1.29, 1.82) is 0 Å². The first kappa shape index (κ1) is 19.1. The molecule has 0 aliphatic heterocycles. The quantitative estimate of drug-likeness (QED) is 0.568. The number of ether oxygens (including phenoxy) is 1. The summed E-state index contributed by atoms with van der Waals surface area (Å²) in [4.78, 5) is 12.2. The third kappa shape index (κ3) is 6.27. The van der Waals surface area contributed by atoms with Crippen LogP contribution in [-0.2, 0) is 10.5 Å². The highest BCUT2D eigenvalue weighted by Crippen LogP contribution is 2.17. The molecule has 1 amide bonds. The van der Waals surface area contributed by atoms with Crippen molar-refractivity contribution in [2.24, 2.45) is 5.10 Å². The summed E-state index contributed by atoms with van der Waals surface area (Å²) >= 11 is 1.59. The summed E-state index contributed by atoms with van der Waals surface area (Å²) in [6.07, 6.45) is 0. The largest absolute Gasteiger partial charge is 0.494 e. The molecule has 0 fully saturated rings. The fourth-order valence-corrected chi connectivity index (χ4v) is 2.96. The molecular weight excluding hydrogens is 332 g/mol. The van der Waals surface area contributed by atoms with Crippen LogP contribution in [0.2, 0.25) is 0 Å². The second-order valence-electron chi connectivity index (χ2n) is 5.57. The summed E-state index contributed by atoms with van der Waals surface area (Å²) < 4.78 is 5.42. The maximum Gasteiger partial charge on any atom is 0.252 e. The fourth-order valence-electron chi connectivity index (χ4n) is 2.12. The van der Waals surface area contributed by atoms with Gasteiger partial charge in [-0.15, -0.1) is 11.8 Å². The smallest absolute Gasteiger partial charge is 0.252 e. The Morgan fingerprint density at radius 3 is 2.48 bits per heavy atom. The van der Waals surface area contributed by atoms with Gasteiger partial charge in [-0.1, -0.05) is 30.3 Å². The van der Waals surface area contributed by atoms with Crippen LogP contribution in [0.1, 0.15) is 31.9 Å². The molecule has 0 saturated heterocycles. The first-order valence-electron chi connectivity index (χ1n) is 8.33. The van der Waals surface area contributed by atoms with Gasteiger partial charge in [-0.05, 0) is 56.2 Å². The van der Waals surface area contributed by atoms with Crippen molar-refractivity contribution >= 4 is 23.4 Å². The molecule has 0 radical (unpaired) electrons. The number of nitrogens with zero attached hydrogens (tertiary/aromatic N) is 1. The molecule has 2 aromatic rings. The fraction of sp³-hybridized carbons (Fsp3) is 0.300. The van der Waals surface area contributed by atoms with Crippen LogP contribution in [0.3, 0.4) is 0 Å². The van der Waals surface area contributed by atoms with Gasteiger partial charge in [-0.3, -0.25) is 4.79 Å². The maximum atomic E-state index is 12.2. The molecular formula is C20H24N2O2S. The first-order chi connectivity index (χ1) is 12.1. The number of benzene rings is 2. The molecule has 25 heavy (non-hydrogen) atoms. The van der Waals surface area contributed by atoms with E-state index in [0.717, 1.165) is 22.8 Å². The van der Waals surface area contributed by atoms with Crippen molar-refractivity contribution in [2.45, 2.75) is 31.8 Å². The van der Waals surface area contributed by atoms with E-state index in [0.29, 0.717) is 6.61 Å². The molecule has 0 bridgehead atoms. The minimum absolute atomic E-state index is 0.0915. The Bertz CT molecular complexity index is 699. The second kappa shape index (κ2) is 9.89. The maximum absolute atomic E-state index is 12.2. The molecule has 4 nitrogen and oxygen atoms in total. The van der Waals surface area contributed by atoms with Crippen molar-refractivity contribution in [1.82, 2.24) is 5.43 Å². The van der Waals surface area contributed by atoms with E-state index in [1.54, 1.807) is 11.8 Å². The van der Waals surface area contributed by atoms with Gasteiger partial charge in [0.1, 0.15) is 5.75 Å². The Morgan fingerprint density at radius 2 is 1.84 bits per heavy atom. The lowest BCUT2D eigenvalue weighted by atomic mass is 10.1. The number of carbonyl (C=O) groups excluding carboxylic acids is 1. The van der Waals surface area contributed by atoms with Gasteiger partial charge in [0.15, 0.2) is 0 Å². The molecule has 0 heterocycles. The van der Waals surface area contributed by atoms with Crippen molar-refractivity contribution in [3.8, 4) is 5.75 Å². The summed E-state index contributed by atoms with van der Waals surface area (Å²) in [7, 11) is 0. The van der Waals surface area contributed by atoms with Crippen LogP contribution in [0.5, 0.6) is 5.75 Å². The minimum Gasteiger partial charge on any atom is -0.494 e. The number of hydrogen-bond donors (Lipinski definition) is 1. The summed E-state index contributed by atoms with van der Waals surface area (Å²) in [5, 5.41) is 4.04. The zero-order chi connectivity index (χ0) is 18.1. The molecule has 0 saturated carbocycles. The van der Waals surface area contributed by atoms with Crippen LogP contribution in [0.4, 0.5) is 0 Å². The van der Waals surface area contributed by atoms with Gasteiger partial charge in [0.2, 0.25) is 0 Å². The Hall–Kier alpha value is -2.27. The molecule has 1 atom stereocenters. The lowest BCUT2D eigenvalue weighted by Gasteiger charge is -2.10. The molecule has 0 spiro atoms. The number of rotatable bonds is 8. The standard InChI is InChI=1S/C20H24N2O2S/c1-4-24-19-12-10-18(11-13-19)15(2)21-22-20(23)16(3)25-14-17-8-6-5-7-9-17/h5-13,16H,4,14H2,1-3H3,(H,22,23)/b21-15-/t16-/m0/s1. The normalized spacial score (nSPS) is 12.5. The summed E-state index contributed by atoms with van der Waals surface area (Å²) in [6.45, 7) is 6.36. The lowest BCUT2D eigenvalue weighted by Crippen LogP contribution is -2.27. The van der Waals surface area contributed by atoms with Gasteiger partial charge in [0, 0.05) is 5.75 Å². The van der Waals surface area contributed by atoms with Crippen LogP contribution >= 0.6 is 11.8 Å². The number of thioether (sulfide) groups is 1. The Morgan fingerprint density at radius 1 is 1.16 bits per heavy atom. The van der Waals surface area contributed by atoms with Crippen LogP contribution in [0.15, 0.2) is 59.7 Å². The van der Waals surface area contributed by atoms with Gasteiger partial charge in [0.25, 0.3) is 5.91 Å². The third-order valence-corrected chi connectivity index (χ3v) is 4.84. The van der Waals surface area contributed by atoms with Gasteiger partial charge in [-0.25, -0.2) is 5.43 Å². The SMILES string of the molecule is CCOc1ccc(/C(C)=N\NC(=O)[C@H](C)SCc2ccccc2)cc1. The summed E-state index contributed by atoms with van der Waals surface area (Å²) in [6, 6.07) is 17.8. The van der Waals surface area contributed by atoms with E-state index < -0.39 is 0 Å². The van der Waals surface area contributed by atoms with E-state index >= 15 is 0 Å². The van der Waals surface area contributed by atoms with Crippen LogP contribution in [-0.4, -0.2) is 23.5 Å². The summed E-state index contributed by atoms with van der Waals surface area (Å²) in [5.74, 6) is 1.54. The molecule has 2 rings (SSSR count). The Balaban J connectivity index is 1.85. The number of nitrogens with one attached hydrogen (secondary N) is 1. The topological polar surface area (TPSA) is 50.7 Å². The van der Waals surface area contributed by atoms with E-state index in [-0.39, 0.29) is 11.2 Å². The number of hydrazone groups is 1. The predicted octanol–water partition coefficient (Wildman–Crippen LogP) is 4.25. The van der Waals surface area contributed by atoms with Crippen molar-refractivity contribution in [2.75, 3.05) is 6.61 Å². The van der Waals surface area contributed by atoms with Gasteiger partial charge in [-0.2, -0.15) is 5.10 Å². The molecule has 0 aliphatic rings. The minimum atomic E-state index is -0.169. The third-order valence-electron chi connectivity index (χ3n) is 3.63. The highest BCUT2D eigenvalue weighted by Gasteiger charge is 2.13. The number of hydrogen-bond acceptors (Lipinski definition) is 4. The molecule has 0 unspecified atom stereocenters. The summed E-state index contributed by atoms with van der Waals surface area (Å²) in [5.41, 5.74) is 5.58. The van der Waals surface area contributed by atoms with Gasteiger partial charge in [0.05, 0.1) is 17.6 Å². The number of carbonyl (C=O) groups is 1. The Kier molecular flexibility index (Phi) is 7.54. The highest BCUT2D eigenvalue weighted by atomic mass is 32.2. The molecule has 2 aromatic carbocycles. The average Bonchev–Trinajstić information content (AvgIpc) is 2.65. The molecule has 1 N–H and O–H groups in total. The van der Waals surface area contributed by atoms with E-state index in [1.807, 2.05) is 63.2 Å². The van der Waals surface area contributed by atoms with Crippen molar-refractivity contribution < 1.29 is 9.53 Å². The van der Waals surface area contributed by atoms with Crippen LogP contribution in [0.25, 0.3) is 0 Å². The van der Waals surface area contributed by atoms with E-state index in [9.17, 15) is 4.79 Å². The molecule has 132 valence electrons. The van der Waals surface area contributed by atoms with Crippen LogP contribution < -0.4 is 10.2 Å². The second-order valence-corrected chi connectivity index (χ2v) is 6.90. The zero-order valence-corrected chi connectivity index (χ0v) is 15.7. The monoisotopic (exact) mass is 356 g/mol. The first-order valence-corrected chi connectivity index (χ1v) is 9.38. The van der Waals surface area contributed by atoms with Crippen molar-refractivity contribution in [3.63, 3.8) is 0 Å². The molecule has 0 aliphatic carbocycles. The lowest BCUT2D eigenvalue weighted by molar-refractivity contribution is -0.120. The van der Waals surface area contributed by atoms with E-state index in [2.05, 4.69) is 22.7 Å². The molecule has 5 heteroatoms. The van der Waals surface area contributed by atoms with Crippen molar-refractivity contribution in [3.05, 3.63) is 65.7 Å². The predicted molar refractivity (Wildman–Crippen MR) is 105 cm³/mol. The van der Waals surface area contributed by atoms with E-state index in [4.69, 9.17) is 4.74 Å². The molecule has 0 aromatic heterocycles. The highest BCUT2D eigenvalue weighted by molar-refractivity contribution is 7.99. The van der Waals surface area contributed by atoms with Crippen LogP contribution in [0, 0.1) is 0 Å². The van der Waals surface area contributed by atoms with E-state index in [1.165, 1.54) is 5.56 Å². The number of amides is 1. The van der Waals surface area contributed by atoms with Gasteiger partial charge >= 0.3 is 0 Å². The van der Waals surface area contributed by atoms with Gasteiger partial charge < -0.3 is 4.74 Å².